The van der Waals surface area contributed by atoms with E-state index in [0.29, 0.717) is 66.5 Å². The molecule has 2 aliphatic rings. The van der Waals surface area contributed by atoms with Crippen molar-refractivity contribution in [2.24, 2.45) is 0 Å². The van der Waals surface area contributed by atoms with Crippen LogP contribution in [0.4, 0.5) is 17.1 Å². The van der Waals surface area contributed by atoms with E-state index in [1.807, 2.05) is 17.9 Å². The van der Waals surface area contributed by atoms with Gasteiger partial charge in [-0.05, 0) is 43.3 Å². The summed E-state index contributed by atoms with van der Waals surface area (Å²) in [6, 6.07) is 10.1. The Morgan fingerprint density at radius 2 is 1.71 bits per heavy atom. The number of aldehydes is 1. The Kier molecular flexibility index (Phi) is 8.24. The fraction of sp³-hybridized carbons (Fsp3) is 0.385. The van der Waals surface area contributed by atoms with Crippen molar-refractivity contribution in [3.8, 4) is 11.5 Å². The van der Waals surface area contributed by atoms with Gasteiger partial charge in [0, 0.05) is 55.1 Å². The lowest BCUT2D eigenvalue weighted by Crippen LogP contribution is -2.57. The molecule has 2 aliphatic heterocycles. The lowest BCUT2D eigenvalue weighted by molar-refractivity contribution is -0.112. The predicted octanol–water partition coefficient (Wildman–Crippen LogP) is 1.74. The van der Waals surface area contributed by atoms with Crippen LogP contribution in [0.15, 0.2) is 42.5 Å². The third-order valence-electron chi connectivity index (χ3n) is 6.48. The molecule has 0 radical (unpaired) electrons. The van der Waals surface area contributed by atoms with Gasteiger partial charge in [-0.15, -0.1) is 0 Å². The molecule has 0 bridgehead atoms. The third-order valence-corrected chi connectivity index (χ3v) is 7.63. The van der Waals surface area contributed by atoms with Crippen molar-refractivity contribution in [3.63, 3.8) is 0 Å². The van der Waals surface area contributed by atoms with Crippen LogP contribution in [0, 0.1) is 0 Å². The van der Waals surface area contributed by atoms with Gasteiger partial charge in [-0.3, -0.25) is 14.5 Å². The zero-order valence-electron chi connectivity index (χ0n) is 21.9. The van der Waals surface area contributed by atoms with E-state index < -0.39 is 16.2 Å². The van der Waals surface area contributed by atoms with Crippen LogP contribution in [-0.4, -0.2) is 84.4 Å². The highest BCUT2D eigenvalue weighted by atomic mass is 32.2. The lowest BCUT2D eigenvalue weighted by atomic mass is 10.0. The summed E-state index contributed by atoms with van der Waals surface area (Å²) in [6.45, 7) is 4.40. The van der Waals surface area contributed by atoms with Crippen molar-refractivity contribution in [2.75, 3.05) is 61.6 Å². The molecule has 2 aromatic rings. The maximum Gasteiger partial charge on any atom is 0.256 e. The zero-order valence-corrected chi connectivity index (χ0v) is 22.7. The second-order valence-electron chi connectivity index (χ2n) is 9.16. The van der Waals surface area contributed by atoms with Gasteiger partial charge in [-0.1, -0.05) is 0 Å². The molecule has 3 N–H and O–H groups in total. The van der Waals surface area contributed by atoms with E-state index in [4.69, 9.17) is 9.47 Å². The van der Waals surface area contributed by atoms with Gasteiger partial charge in [-0.2, -0.15) is 0 Å². The first kappa shape index (κ1) is 27.4. The fourth-order valence-corrected chi connectivity index (χ4v) is 5.80. The zero-order chi connectivity index (χ0) is 27.4. The predicted molar refractivity (Wildman–Crippen MR) is 147 cm³/mol. The van der Waals surface area contributed by atoms with Crippen molar-refractivity contribution in [1.82, 2.24) is 10.2 Å². The molecule has 1 amide bonds. The average Bonchev–Trinajstić information content (AvgIpc) is 3.20. The number of anilines is 3. The van der Waals surface area contributed by atoms with Crippen LogP contribution in [-0.2, 0) is 19.6 Å². The van der Waals surface area contributed by atoms with Gasteiger partial charge in [0.15, 0.2) is 24.0 Å². The molecule has 11 nitrogen and oxygen atoms in total. The van der Waals surface area contributed by atoms with Crippen LogP contribution in [0.1, 0.15) is 12.5 Å². The highest BCUT2D eigenvalue weighted by Gasteiger charge is 2.32. The molecule has 0 aliphatic carbocycles. The monoisotopic (exact) mass is 543 g/mol. The minimum Gasteiger partial charge on any atom is -0.493 e. The fourth-order valence-electron chi connectivity index (χ4n) is 4.72. The van der Waals surface area contributed by atoms with Gasteiger partial charge in [-0.25, -0.2) is 12.7 Å². The van der Waals surface area contributed by atoms with Gasteiger partial charge in [0.05, 0.1) is 31.9 Å². The number of benzene rings is 2. The SMILES string of the molecule is COc1cc2c(cc1OC)C(=CC(C)Nc1ccc(N(C(C=O)N3CCNCC3)S(C)(=O)=O)cc1)C(=O)N2. The molecule has 38 heavy (non-hydrogen) atoms. The second kappa shape index (κ2) is 11.4. The molecule has 204 valence electrons. The largest absolute Gasteiger partial charge is 0.493 e. The van der Waals surface area contributed by atoms with Crippen molar-refractivity contribution in [2.45, 2.75) is 19.1 Å². The number of hydrogen-bond acceptors (Lipinski definition) is 9. The summed E-state index contributed by atoms with van der Waals surface area (Å²) in [5.41, 5.74) is 2.98. The van der Waals surface area contributed by atoms with Crippen LogP contribution in [0.2, 0.25) is 0 Å². The molecule has 0 aromatic heterocycles. The molecular formula is C26H33N5O6S. The third kappa shape index (κ3) is 5.77. The summed E-state index contributed by atoms with van der Waals surface area (Å²) in [5, 5.41) is 9.37. The van der Waals surface area contributed by atoms with E-state index >= 15 is 0 Å². The van der Waals surface area contributed by atoms with Crippen molar-refractivity contribution in [1.29, 1.82) is 0 Å². The first-order valence-electron chi connectivity index (χ1n) is 12.2. The van der Waals surface area contributed by atoms with E-state index in [9.17, 15) is 18.0 Å². The Morgan fingerprint density at radius 1 is 1.08 bits per heavy atom. The van der Waals surface area contributed by atoms with Gasteiger partial charge in [0.25, 0.3) is 5.91 Å². The van der Waals surface area contributed by atoms with Crippen LogP contribution < -0.4 is 29.7 Å². The van der Waals surface area contributed by atoms with Gasteiger partial charge >= 0.3 is 0 Å². The number of sulfonamides is 1. The number of amides is 1. The van der Waals surface area contributed by atoms with E-state index in [1.54, 1.807) is 36.4 Å². The number of piperazine rings is 1. The maximum absolute atomic E-state index is 12.7. The summed E-state index contributed by atoms with van der Waals surface area (Å²) in [5.74, 6) is 0.821. The molecule has 2 aromatic carbocycles. The quantitative estimate of drug-likeness (QED) is 0.303. The molecular weight excluding hydrogens is 510 g/mol. The summed E-state index contributed by atoms with van der Waals surface area (Å²) in [7, 11) is -0.654. The Bertz CT molecular complexity index is 1320. The minimum absolute atomic E-state index is 0.226. The first-order valence-corrected chi connectivity index (χ1v) is 14.1. The van der Waals surface area contributed by atoms with Gasteiger partial charge in [0.1, 0.15) is 0 Å². The highest BCUT2D eigenvalue weighted by molar-refractivity contribution is 7.92. The Morgan fingerprint density at radius 3 is 2.29 bits per heavy atom. The summed E-state index contributed by atoms with van der Waals surface area (Å²) in [6.07, 6.45) is 2.66. The number of carbonyl (C=O) groups is 2. The number of fused-ring (bicyclic) bond motifs is 1. The number of hydrogen-bond donors (Lipinski definition) is 3. The van der Waals surface area contributed by atoms with Gasteiger partial charge < -0.3 is 25.4 Å². The van der Waals surface area contributed by atoms with Crippen molar-refractivity contribution in [3.05, 3.63) is 48.0 Å². The number of ether oxygens (including phenoxy) is 2. The number of rotatable bonds is 10. The standard InChI is InChI=1S/C26H33N5O6S/c1-17(13-21-20-14-23(36-2)24(37-3)15-22(20)29-26(21)33)28-18-5-7-19(8-6-18)31(38(4,34)35)25(16-32)30-11-9-27-10-12-30/h5-8,13-17,25,27-28H,9-12H2,1-4H3,(H,29,33). The van der Waals surface area contributed by atoms with Crippen molar-refractivity contribution < 1.29 is 27.5 Å². The van der Waals surface area contributed by atoms with Crippen LogP contribution in [0.5, 0.6) is 11.5 Å². The summed E-state index contributed by atoms with van der Waals surface area (Å²) >= 11 is 0. The molecule has 12 heteroatoms. The van der Waals surface area contributed by atoms with Crippen LogP contribution in [0.25, 0.3) is 5.57 Å². The molecule has 0 saturated carbocycles. The van der Waals surface area contributed by atoms with E-state index in [-0.39, 0.29) is 11.9 Å². The lowest BCUT2D eigenvalue weighted by Gasteiger charge is -2.38. The molecule has 0 spiro atoms. The van der Waals surface area contributed by atoms with E-state index in [1.165, 1.54) is 14.2 Å². The average molecular weight is 544 g/mol. The molecule has 4 rings (SSSR count). The maximum atomic E-state index is 12.7. The number of methoxy groups -OCH3 is 2. The number of nitrogens with one attached hydrogen (secondary N) is 3. The number of nitrogens with zero attached hydrogens (tertiary/aromatic N) is 2. The van der Waals surface area contributed by atoms with Crippen LogP contribution in [0.3, 0.4) is 0 Å². The molecule has 1 fully saturated rings. The topological polar surface area (TPSA) is 129 Å². The highest BCUT2D eigenvalue weighted by Crippen LogP contribution is 2.40. The van der Waals surface area contributed by atoms with Crippen LogP contribution >= 0.6 is 0 Å². The van der Waals surface area contributed by atoms with Crippen molar-refractivity contribution >= 4 is 44.9 Å². The molecule has 2 unspecified atom stereocenters. The van der Waals surface area contributed by atoms with E-state index in [0.717, 1.165) is 16.2 Å². The normalized spacial score (nSPS) is 18.3. The summed E-state index contributed by atoms with van der Waals surface area (Å²) in [4.78, 5) is 26.5. The minimum atomic E-state index is -3.73. The van der Waals surface area contributed by atoms with E-state index in [2.05, 4.69) is 16.0 Å². The molecule has 1 saturated heterocycles. The smallest absolute Gasteiger partial charge is 0.256 e. The number of carbonyl (C=O) groups excluding carboxylic acids is 2. The molecule has 2 atom stereocenters. The Hall–Kier alpha value is -3.61. The second-order valence-corrected chi connectivity index (χ2v) is 11.0. The molecule has 2 heterocycles. The Balaban J connectivity index is 1.54. The van der Waals surface area contributed by atoms with Gasteiger partial charge in [0.2, 0.25) is 10.0 Å². The summed E-state index contributed by atoms with van der Waals surface area (Å²) < 4.78 is 37.2. The Labute approximate surface area is 222 Å². The first-order chi connectivity index (χ1) is 18.2.